The third kappa shape index (κ3) is 4.48. The zero-order chi connectivity index (χ0) is 30.6. The molecule has 9 rings (SSSR count). The number of hydrogen-bond acceptors (Lipinski definition) is 3. The fourth-order valence-corrected chi connectivity index (χ4v) is 8.23. The Morgan fingerprint density at radius 3 is 2.46 bits per heavy atom. The second-order valence-corrected chi connectivity index (χ2v) is 13.3. The number of allylic oxidation sites excluding steroid dienone is 4. The van der Waals surface area contributed by atoms with Crippen molar-refractivity contribution < 1.29 is 0 Å². The summed E-state index contributed by atoms with van der Waals surface area (Å²) in [5.41, 5.74) is 11.0. The van der Waals surface area contributed by atoms with Gasteiger partial charge in [-0.1, -0.05) is 96.6 Å². The number of benzene rings is 5. The predicted octanol–water partition coefficient (Wildman–Crippen LogP) is 11.3. The average Bonchev–Trinajstić information content (AvgIpc) is 3.63. The van der Waals surface area contributed by atoms with E-state index in [-0.39, 0.29) is 0 Å². The lowest BCUT2D eigenvalue weighted by atomic mass is 9.86. The van der Waals surface area contributed by atoms with E-state index < -0.39 is 0 Å². The van der Waals surface area contributed by atoms with E-state index in [0.29, 0.717) is 5.95 Å². The topological polar surface area (TPSA) is 30.7 Å². The third-order valence-electron chi connectivity index (χ3n) is 9.38. The van der Waals surface area contributed by atoms with Gasteiger partial charge in [-0.15, -0.1) is 11.3 Å². The average molecular weight is 610 g/mol. The quantitative estimate of drug-likeness (QED) is 0.194. The molecule has 1 aliphatic carbocycles. The van der Waals surface area contributed by atoms with Crippen LogP contribution in [0.2, 0.25) is 0 Å². The lowest BCUT2D eigenvalue weighted by Gasteiger charge is -2.19. The first-order valence-corrected chi connectivity index (χ1v) is 16.7. The summed E-state index contributed by atoms with van der Waals surface area (Å²) in [4.78, 5) is 10.1. The Hall–Kier alpha value is -5.32. The maximum atomic E-state index is 5.23. The van der Waals surface area contributed by atoms with E-state index in [0.717, 1.165) is 41.6 Å². The molecule has 5 aromatic carbocycles. The van der Waals surface area contributed by atoms with E-state index in [1.807, 2.05) is 23.6 Å². The lowest BCUT2D eigenvalue weighted by molar-refractivity contribution is 0.917. The zero-order valence-corrected chi connectivity index (χ0v) is 26.4. The highest BCUT2D eigenvalue weighted by atomic mass is 32.1. The van der Waals surface area contributed by atoms with Crippen LogP contribution in [-0.4, -0.2) is 14.5 Å². The summed E-state index contributed by atoms with van der Waals surface area (Å²) < 4.78 is 4.82. The molecular weight excluding hydrogens is 579 g/mol. The normalized spacial score (nSPS) is 13.5. The molecule has 3 heterocycles. The van der Waals surface area contributed by atoms with Gasteiger partial charge < -0.3 is 0 Å². The van der Waals surface area contributed by atoms with E-state index in [9.17, 15) is 0 Å². The van der Waals surface area contributed by atoms with Gasteiger partial charge in [0.1, 0.15) is 0 Å². The van der Waals surface area contributed by atoms with Crippen LogP contribution < -0.4 is 0 Å². The first kappa shape index (κ1) is 27.0. The second kappa shape index (κ2) is 10.9. The van der Waals surface area contributed by atoms with Crippen LogP contribution in [-0.2, 0) is 6.42 Å². The summed E-state index contributed by atoms with van der Waals surface area (Å²) in [7, 11) is 0. The summed E-state index contributed by atoms with van der Waals surface area (Å²) >= 11 is 1.84. The van der Waals surface area contributed by atoms with Crippen molar-refractivity contribution in [3.8, 4) is 17.2 Å². The van der Waals surface area contributed by atoms with Crippen LogP contribution >= 0.6 is 11.3 Å². The molecule has 0 aliphatic heterocycles. The molecule has 0 bridgehead atoms. The maximum absolute atomic E-state index is 5.23. The molecule has 0 unspecified atom stereocenters. The van der Waals surface area contributed by atoms with E-state index in [2.05, 4.69) is 133 Å². The molecule has 46 heavy (non-hydrogen) atoms. The minimum atomic E-state index is 0.688. The summed E-state index contributed by atoms with van der Waals surface area (Å²) in [6, 6.07) is 41.6. The zero-order valence-electron chi connectivity index (χ0n) is 25.6. The van der Waals surface area contributed by atoms with Gasteiger partial charge in [-0.25, -0.2) is 9.97 Å². The van der Waals surface area contributed by atoms with Crippen molar-refractivity contribution in [1.29, 1.82) is 0 Å². The van der Waals surface area contributed by atoms with Crippen molar-refractivity contribution in [3.05, 3.63) is 156 Å². The summed E-state index contributed by atoms with van der Waals surface area (Å²) in [6.07, 6.45) is 9.69. The smallest absolute Gasteiger partial charge is 0.235 e. The third-order valence-corrected chi connectivity index (χ3v) is 10.5. The SMILES string of the molecule is Cc1ccc(-c2ccnc(-n3c4ccccc4c4cc5c(cc43)sc3ccccc35)n2)cc1C1=C(Cc2ccccc2)CCC=C1. The van der Waals surface area contributed by atoms with Gasteiger partial charge in [-0.05, 0) is 84.8 Å². The highest BCUT2D eigenvalue weighted by Crippen LogP contribution is 2.40. The second-order valence-electron chi connectivity index (χ2n) is 12.2. The predicted molar refractivity (Wildman–Crippen MR) is 195 cm³/mol. The molecule has 0 saturated heterocycles. The highest BCUT2D eigenvalue weighted by molar-refractivity contribution is 7.25. The van der Waals surface area contributed by atoms with E-state index >= 15 is 0 Å². The van der Waals surface area contributed by atoms with Gasteiger partial charge in [-0.2, -0.15) is 0 Å². The Kier molecular flexibility index (Phi) is 6.43. The minimum absolute atomic E-state index is 0.688. The molecule has 220 valence electrons. The Morgan fingerprint density at radius 1 is 0.717 bits per heavy atom. The highest BCUT2D eigenvalue weighted by Gasteiger charge is 2.18. The van der Waals surface area contributed by atoms with Crippen LogP contribution in [0.3, 0.4) is 0 Å². The van der Waals surface area contributed by atoms with Crippen molar-refractivity contribution >= 4 is 58.9 Å². The van der Waals surface area contributed by atoms with Crippen molar-refractivity contribution in [2.75, 3.05) is 0 Å². The summed E-state index contributed by atoms with van der Waals surface area (Å²) in [5.74, 6) is 0.688. The van der Waals surface area contributed by atoms with Crippen LogP contribution in [0.1, 0.15) is 29.5 Å². The van der Waals surface area contributed by atoms with Crippen LogP contribution in [0.25, 0.3) is 64.8 Å². The van der Waals surface area contributed by atoms with Gasteiger partial charge in [0, 0.05) is 42.7 Å². The first-order valence-electron chi connectivity index (χ1n) is 15.9. The van der Waals surface area contributed by atoms with Crippen LogP contribution in [0, 0.1) is 6.92 Å². The largest absolute Gasteiger partial charge is 0.278 e. The number of aromatic nitrogens is 3. The molecule has 0 N–H and O–H groups in total. The minimum Gasteiger partial charge on any atom is -0.278 e. The van der Waals surface area contributed by atoms with Crippen LogP contribution in [0.5, 0.6) is 0 Å². The molecule has 3 aromatic heterocycles. The van der Waals surface area contributed by atoms with Gasteiger partial charge >= 0.3 is 0 Å². The molecule has 3 nitrogen and oxygen atoms in total. The molecule has 0 radical (unpaired) electrons. The lowest BCUT2D eigenvalue weighted by Crippen LogP contribution is -2.03. The van der Waals surface area contributed by atoms with Gasteiger partial charge in [0.15, 0.2) is 0 Å². The van der Waals surface area contributed by atoms with Crippen molar-refractivity contribution in [3.63, 3.8) is 0 Å². The molecule has 8 aromatic rings. The molecule has 0 spiro atoms. The Bertz CT molecular complexity index is 2510. The number of aryl methyl sites for hydroxylation is 1. The molecule has 0 amide bonds. The number of para-hydroxylation sites is 1. The van der Waals surface area contributed by atoms with Gasteiger partial charge in [0.2, 0.25) is 5.95 Å². The number of fused-ring (bicyclic) bond motifs is 6. The molecule has 1 aliphatic rings. The fourth-order valence-electron chi connectivity index (χ4n) is 7.11. The van der Waals surface area contributed by atoms with E-state index in [1.165, 1.54) is 58.8 Å². The summed E-state index contributed by atoms with van der Waals surface area (Å²) in [6.45, 7) is 2.22. The molecule has 0 saturated carbocycles. The Labute approximate surface area is 271 Å². The molecule has 0 atom stereocenters. The number of hydrogen-bond donors (Lipinski definition) is 0. The van der Waals surface area contributed by atoms with Gasteiger partial charge in [0.05, 0.1) is 16.7 Å². The van der Waals surface area contributed by atoms with Crippen molar-refractivity contribution in [2.45, 2.75) is 26.2 Å². The van der Waals surface area contributed by atoms with Gasteiger partial charge in [0.25, 0.3) is 0 Å². The van der Waals surface area contributed by atoms with E-state index in [4.69, 9.17) is 9.97 Å². The number of nitrogens with zero attached hydrogens (tertiary/aromatic N) is 3. The monoisotopic (exact) mass is 609 g/mol. The molecule has 0 fully saturated rings. The van der Waals surface area contributed by atoms with Crippen molar-refractivity contribution in [1.82, 2.24) is 14.5 Å². The molecular formula is C42H31N3S. The Morgan fingerprint density at radius 2 is 1.54 bits per heavy atom. The van der Waals surface area contributed by atoms with E-state index in [1.54, 1.807) is 0 Å². The van der Waals surface area contributed by atoms with Crippen molar-refractivity contribution in [2.24, 2.45) is 0 Å². The first-order chi connectivity index (χ1) is 22.7. The number of rotatable bonds is 5. The standard InChI is InChI=1S/C42H31N3S/c1-27-19-20-30(24-34(27)31-14-6-5-13-29(31)23-28-11-3-2-4-12-28)37-21-22-43-42(44-37)45-38-17-9-7-15-32(38)35-25-36-33-16-8-10-18-40(33)46-41(36)26-39(35)45/h2-4,6-12,14-22,24-26H,5,13,23H2,1H3. The van der Waals surface area contributed by atoms with Crippen LogP contribution in [0.15, 0.2) is 139 Å². The van der Waals surface area contributed by atoms with Crippen LogP contribution in [0.4, 0.5) is 0 Å². The molecule has 4 heteroatoms. The van der Waals surface area contributed by atoms with Gasteiger partial charge in [-0.3, -0.25) is 4.57 Å². The summed E-state index contributed by atoms with van der Waals surface area (Å²) in [5, 5.41) is 5.04. The fraction of sp³-hybridized carbons (Fsp3) is 0.0952. The Balaban J connectivity index is 1.19. The number of thiophene rings is 1. The maximum Gasteiger partial charge on any atom is 0.235 e.